The van der Waals surface area contributed by atoms with E-state index in [4.69, 9.17) is 5.11 Å². The number of aliphatic hydroxyl groups excluding tert-OH is 1. The fourth-order valence-corrected chi connectivity index (χ4v) is 0.793. The fraction of sp³-hybridized carbons (Fsp3) is 0.125. The Morgan fingerprint density at radius 2 is 2.40 bits per heavy atom. The summed E-state index contributed by atoms with van der Waals surface area (Å²) in [6, 6.07) is 0. The van der Waals surface area contributed by atoms with Crippen molar-refractivity contribution >= 4 is 6.29 Å². The number of aldehydes is 1. The van der Waals surface area contributed by atoms with Crippen LogP contribution >= 0.6 is 0 Å². The van der Waals surface area contributed by atoms with E-state index in [0.717, 1.165) is 5.57 Å². The van der Waals surface area contributed by atoms with Crippen molar-refractivity contribution in [3.8, 4) is 0 Å². The van der Waals surface area contributed by atoms with Gasteiger partial charge in [0.15, 0.2) is 6.29 Å². The first kappa shape index (κ1) is 6.81. The fourth-order valence-electron chi connectivity index (χ4n) is 0.793. The van der Waals surface area contributed by atoms with Gasteiger partial charge in [-0.15, -0.1) is 0 Å². The van der Waals surface area contributed by atoms with Gasteiger partial charge in [0.2, 0.25) is 0 Å². The van der Waals surface area contributed by atoms with Gasteiger partial charge in [0.25, 0.3) is 0 Å². The zero-order chi connectivity index (χ0) is 7.56. The maximum atomic E-state index is 10.2. The highest BCUT2D eigenvalue weighted by Gasteiger charge is 2.06. The average molecular weight is 136 g/mol. The lowest BCUT2D eigenvalue weighted by Crippen LogP contribution is -1.96. The largest absolute Gasteiger partial charge is 0.508 e. The third kappa shape index (κ3) is 1.16. The van der Waals surface area contributed by atoms with Crippen LogP contribution in [0.2, 0.25) is 0 Å². The van der Waals surface area contributed by atoms with Crippen LogP contribution in [0.5, 0.6) is 0 Å². The van der Waals surface area contributed by atoms with E-state index in [1.165, 1.54) is 0 Å². The van der Waals surface area contributed by atoms with Gasteiger partial charge in [-0.25, -0.2) is 0 Å². The molecule has 0 fully saturated rings. The number of hydrogen-bond donors (Lipinski definition) is 1. The van der Waals surface area contributed by atoms with E-state index >= 15 is 0 Å². The van der Waals surface area contributed by atoms with Crippen molar-refractivity contribution in [2.24, 2.45) is 0 Å². The summed E-state index contributed by atoms with van der Waals surface area (Å²) in [6.45, 7) is 3.66. The van der Waals surface area contributed by atoms with Gasteiger partial charge in [0.1, 0.15) is 5.76 Å². The molecule has 0 atom stereocenters. The van der Waals surface area contributed by atoms with Crippen LogP contribution in [-0.2, 0) is 4.79 Å². The second kappa shape index (κ2) is 2.52. The molecular formula is C8H8O2. The van der Waals surface area contributed by atoms with Crippen molar-refractivity contribution in [3.63, 3.8) is 0 Å². The molecule has 0 heterocycles. The van der Waals surface area contributed by atoms with Crippen LogP contribution in [0, 0.1) is 0 Å². The Hall–Kier alpha value is -1.31. The lowest BCUT2D eigenvalue weighted by Gasteiger charge is -2.05. The van der Waals surface area contributed by atoms with Crippen LogP contribution in [-0.4, -0.2) is 11.4 Å². The number of allylic oxidation sites excluding steroid dienone is 4. The highest BCUT2D eigenvalue weighted by Crippen LogP contribution is 2.17. The van der Waals surface area contributed by atoms with Crippen molar-refractivity contribution in [2.45, 2.75) is 6.42 Å². The highest BCUT2D eigenvalue weighted by molar-refractivity contribution is 5.80. The third-order valence-corrected chi connectivity index (χ3v) is 1.34. The first-order valence-corrected chi connectivity index (χ1v) is 2.98. The number of carbonyl (C=O) groups is 1. The summed E-state index contributed by atoms with van der Waals surface area (Å²) in [5.41, 5.74) is 1.16. The van der Waals surface area contributed by atoms with Crippen LogP contribution in [0.25, 0.3) is 0 Å². The van der Waals surface area contributed by atoms with E-state index in [2.05, 4.69) is 6.58 Å². The molecule has 2 nitrogen and oxygen atoms in total. The number of aliphatic hydroxyl groups is 1. The maximum Gasteiger partial charge on any atom is 0.153 e. The SMILES string of the molecule is C=C1C=C(C=O)C(O)=CC1. The zero-order valence-electron chi connectivity index (χ0n) is 5.50. The summed E-state index contributed by atoms with van der Waals surface area (Å²) in [4.78, 5) is 10.2. The van der Waals surface area contributed by atoms with E-state index in [-0.39, 0.29) is 5.76 Å². The van der Waals surface area contributed by atoms with Gasteiger partial charge in [-0.3, -0.25) is 4.79 Å². The van der Waals surface area contributed by atoms with Crippen LogP contribution < -0.4 is 0 Å². The van der Waals surface area contributed by atoms with Crippen molar-refractivity contribution in [1.29, 1.82) is 0 Å². The van der Waals surface area contributed by atoms with Gasteiger partial charge in [0.05, 0.1) is 5.57 Å². The number of rotatable bonds is 1. The third-order valence-electron chi connectivity index (χ3n) is 1.34. The summed E-state index contributed by atoms with van der Waals surface area (Å²) in [5.74, 6) is 0.0578. The quantitative estimate of drug-likeness (QED) is 0.555. The second-order valence-corrected chi connectivity index (χ2v) is 2.17. The van der Waals surface area contributed by atoms with Gasteiger partial charge in [-0.1, -0.05) is 12.2 Å². The highest BCUT2D eigenvalue weighted by atomic mass is 16.3. The molecule has 1 rings (SSSR count). The minimum atomic E-state index is 0.0578. The smallest absolute Gasteiger partial charge is 0.153 e. The number of hydrogen-bond acceptors (Lipinski definition) is 2. The maximum absolute atomic E-state index is 10.2. The second-order valence-electron chi connectivity index (χ2n) is 2.17. The van der Waals surface area contributed by atoms with E-state index < -0.39 is 0 Å². The summed E-state index contributed by atoms with van der Waals surface area (Å²) in [7, 11) is 0. The summed E-state index contributed by atoms with van der Waals surface area (Å²) in [5, 5.41) is 9.01. The van der Waals surface area contributed by atoms with E-state index in [0.29, 0.717) is 18.3 Å². The first-order valence-electron chi connectivity index (χ1n) is 2.98. The summed E-state index contributed by atoms with van der Waals surface area (Å²) < 4.78 is 0. The molecule has 0 aromatic carbocycles. The standard InChI is InChI=1S/C8H8O2/c1-6-2-3-8(10)7(4-6)5-9/h3-5,10H,1-2H2. The number of carbonyl (C=O) groups excluding carboxylic acids is 1. The molecule has 2 heteroatoms. The molecule has 0 amide bonds. The van der Waals surface area contributed by atoms with Crippen LogP contribution in [0.1, 0.15) is 6.42 Å². The molecule has 52 valence electrons. The van der Waals surface area contributed by atoms with E-state index in [9.17, 15) is 4.79 Å². The van der Waals surface area contributed by atoms with Crippen LogP contribution in [0.15, 0.2) is 35.6 Å². The predicted octanol–water partition coefficient (Wildman–Crippen LogP) is 1.51. The Labute approximate surface area is 59.2 Å². The topological polar surface area (TPSA) is 37.3 Å². The molecule has 0 aromatic heterocycles. The van der Waals surface area contributed by atoms with Gasteiger partial charge in [0, 0.05) is 0 Å². The first-order chi connectivity index (χ1) is 4.74. The Balaban J connectivity index is 2.94. The Morgan fingerprint density at radius 1 is 1.70 bits per heavy atom. The molecule has 0 bridgehead atoms. The van der Waals surface area contributed by atoms with Crippen molar-refractivity contribution in [3.05, 3.63) is 35.6 Å². The molecule has 0 saturated heterocycles. The average Bonchev–Trinajstić information content (AvgIpc) is 1.94. The molecule has 10 heavy (non-hydrogen) atoms. The predicted molar refractivity (Wildman–Crippen MR) is 38.6 cm³/mol. The molecule has 0 unspecified atom stereocenters. The lowest BCUT2D eigenvalue weighted by atomic mass is 10.0. The molecule has 1 aliphatic rings. The van der Waals surface area contributed by atoms with Crippen LogP contribution in [0.3, 0.4) is 0 Å². The molecule has 1 aliphatic carbocycles. The summed E-state index contributed by atoms with van der Waals surface area (Å²) in [6.07, 6.45) is 4.41. The van der Waals surface area contributed by atoms with Crippen molar-refractivity contribution in [1.82, 2.24) is 0 Å². The van der Waals surface area contributed by atoms with Crippen molar-refractivity contribution in [2.75, 3.05) is 0 Å². The van der Waals surface area contributed by atoms with E-state index in [1.807, 2.05) is 0 Å². The molecule has 0 radical (unpaired) electrons. The zero-order valence-corrected chi connectivity index (χ0v) is 5.50. The molecular weight excluding hydrogens is 128 g/mol. The molecule has 0 spiro atoms. The Morgan fingerprint density at radius 3 is 2.90 bits per heavy atom. The minimum absolute atomic E-state index is 0.0578. The van der Waals surface area contributed by atoms with Gasteiger partial charge >= 0.3 is 0 Å². The van der Waals surface area contributed by atoms with Gasteiger partial charge < -0.3 is 5.11 Å². The molecule has 1 N–H and O–H groups in total. The molecule has 0 aliphatic heterocycles. The monoisotopic (exact) mass is 136 g/mol. The normalized spacial score (nSPS) is 17.8. The van der Waals surface area contributed by atoms with Gasteiger partial charge in [-0.2, -0.15) is 0 Å². The van der Waals surface area contributed by atoms with Crippen LogP contribution in [0.4, 0.5) is 0 Å². The Kier molecular flexibility index (Phi) is 1.71. The van der Waals surface area contributed by atoms with E-state index in [1.54, 1.807) is 12.2 Å². The molecule has 0 aromatic rings. The Bertz CT molecular complexity index is 234. The van der Waals surface area contributed by atoms with Gasteiger partial charge in [-0.05, 0) is 18.6 Å². The lowest BCUT2D eigenvalue weighted by molar-refractivity contribution is -0.104. The van der Waals surface area contributed by atoms with Crippen molar-refractivity contribution < 1.29 is 9.90 Å². The molecule has 0 saturated carbocycles. The summed E-state index contributed by atoms with van der Waals surface area (Å²) >= 11 is 0. The minimum Gasteiger partial charge on any atom is -0.508 e.